The fourth-order valence-electron chi connectivity index (χ4n) is 1.30. The lowest BCUT2D eigenvalue weighted by atomic mass is 10.3. The average molecular weight is 280 g/mol. The first-order valence-corrected chi connectivity index (χ1v) is 4.72. The minimum atomic E-state index is -5.01. The van der Waals surface area contributed by atoms with Crippen LogP contribution in [0.3, 0.4) is 0 Å². The third-order valence-electron chi connectivity index (χ3n) is 2.05. The lowest BCUT2D eigenvalue weighted by Crippen LogP contribution is -2.16. The van der Waals surface area contributed by atoms with Crippen LogP contribution in [0.25, 0.3) is 5.95 Å². The fraction of sp³-hybridized carbons (Fsp3) is 0.222. The van der Waals surface area contributed by atoms with E-state index < -0.39 is 35.3 Å². The number of alkyl halides is 3. The van der Waals surface area contributed by atoms with E-state index in [0.29, 0.717) is 4.68 Å². The van der Waals surface area contributed by atoms with Gasteiger partial charge in [-0.2, -0.15) is 32.6 Å². The molecule has 0 spiro atoms. The number of hydrogen-bond acceptors (Lipinski definition) is 4. The zero-order valence-electron chi connectivity index (χ0n) is 9.24. The molecule has 2 aromatic rings. The Bertz CT molecular complexity index is 609. The molecule has 0 aliphatic rings. The number of methoxy groups -OCH3 is 1. The maximum absolute atomic E-state index is 13.4. The molecule has 0 bridgehead atoms. The van der Waals surface area contributed by atoms with Crippen molar-refractivity contribution in [1.29, 1.82) is 0 Å². The van der Waals surface area contributed by atoms with Gasteiger partial charge >= 0.3 is 6.18 Å². The SMILES string of the molecule is COc1nc(-n2cc(F)cn2)nc(F)c1C(F)(F)F. The first-order chi connectivity index (χ1) is 8.82. The average Bonchev–Trinajstić information content (AvgIpc) is 2.73. The summed E-state index contributed by atoms with van der Waals surface area (Å²) in [5, 5.41) is 3.41. The number of hydrogen-bond donors (Lipinski definition) is 0. The van der Waals surface area contributed by atoms with Gasteiger partial charge in [0.2, 0.25) is 11.8 Å². The monoisotopic (exact) mass is 280 g/mol. The molecule has 0 aliphatic carbocycles. The second-order valence-electron chi connectivity index (χ2n) is 3.30. The van der Waals surface area contributed by atoms with Crippen LogP contribution < -0.4 is 4.74 Å². The Hall–Kier alpha value is -2.26. The van der Waals surface area contributed by atoms with Crippen molar-refractivity contribution in [3.63, 3.8) is 0 Å². The molecule has 0 aromatic carbocycles. The Balaban J connectivity index is 2.60. The summed E-state index contributed by atoms with van der Waals surface area (Å²) in [6, 6.07) is 0. The summed E-state index contributed by atoms with van der Waals surface area (Å²) in [7, 11) is 0.893. The van der Waals surface area contributed by atoms with Crippen molar-refractivity contribution in [3.8, 4) is 11.8 Å². The maximum atomic E-state index is 13.4. The van der Waals surface area contributed by atoms with Gasteiger partial charge in [0.25, 0.3) is 5.95 Å². The summed E-state index contributed by atoms with van der Waals surface area (Å²) in [5.74, 6) is -4.19. The number of aromatic nitrogens is 4. The summed E-state index contributed by atoms with van der Waals surface area (Å²) in [6.07, 6.45) is -3.46. The van der Waals surface area contributed by atoms with Crippen molar-refractivity contribution in [2.45, 2.75) is 6.18 Å². The number of halogens is 5. The minimum Gasteiger partial charge on any atom is -0.480 e. The molecule has 0 unspecified atom stereocenters. The summed E-state index contributed by atoms with van der Waals surface area (Å²) in [4.78, 5) is 6.33. The number of ether oxygens (including phenoxy) is 1. The molecule has 5 nitrogen and oxygen atoms in total. The van der Waals surface area contributed by atoms with Gasteiger partial charge < -0.3 is 4.74 Å². The third-order valence-corrected chi connectivity index (χ3v) is 2.05. The zero-order valence-corrected chi connectivity index (χ0v) is 9.24. The van der Waals surface area contributed by atoms with Crippen LogP contribution in [0.15, 0.2) is 12.4 Å². The standard InChI is InChI=1S/C9H5F5N4O/c1-19-7-5(9(12,13)14)6(11)16-8(17-7)18-3-4(10)2-15-18/h2-3H,1H3. The Labute approximate surface area is 102 Å². The summed E-state index contributed by atoms with van der Waals surface area (Å²) < 4.78 is 68.8. The molecule has 0 atom stereocenters. The van der Waals surface area contributed by atoms with Crippen molar-refractivity contribution < 1.29 is 26.7 Å². The fourth-order valence-corrected chi connectivity index (χ4v) is 1.30. The molecule has 0 amide bonds. The number of rotatable bonds is 2. The van der Waals surface area contributed by atoms with Crippen LogP contribution in [0, 0.1) is 11.8 Å². The van der Waals surface area contributed by atoms with Gasteiger partial charge in [0, 0.05) is 0 Å². The molecule has 102 valence electrons. The summed E-state index contributed by atoms with van der Waals surface area (Å²) in [6.45, 7) is 0. The van der Waals surface area contributed by atoms with Crippen LogP contribution in [-0.2, 0) is 6.18 Å². The van der Waals surface area contributed by atoms with Crippen molar-refractivity contribution in [1.82, 2.24) is 19.7 Å². The second-order valence-corrected chi connectivity index (χ2v) is 3.30. The molecular formula is C9H5F5N4O. The van der Waals surface area contributed by atoms with E-state index in [-0.39, 0.29) is 0 Å². The van der Waals surface area contributed by atoms with E-state index in [0.717, 1.165) is 19.5 Å². The Kier molecular flexibility index (Phi) is 3.08. The molecule has 0 saturated heterocycles. The maximum Gasteiger partial charge on any atom is 0.426 e. The Morgan fingerprint density at radius 3 is 2.37 bits per heavy atom. The van der Waals surface area contributed by atoms with Gasteiger partial charge in [0.1, 0.15) is 0 Å². The molecule has 0 radical (unpaired) electrons. The smallest absolute Gasteiger partial charge is 0.426 e. The predicted octanol–water partition coefficient (Wildman–Crippen LogP) is 1.97. The predicted molar refractivity (Wildman–Crippen MR) is 50.6 cm³/mol. The molecular weight excluding hydrogens is 275 g/mol. The molecule has 2 heterocycles. The molecule has 0 N–H and O–H groups in total. The Morgan fingerprint density at radius 1 is 1.21 bits per heavy atom. The molecule has 2 rings (SSSR count). The highest BCUT2D eigenvalue weighted by atomic mass is 19.4. The molecule has 19 heavy (non-hydrogen) atoms. The molecule has 2 aromatic heterocycles. The van der Waals surface area contributed by atoms with Crippen LogP contribution >= 0.6 is 0 Å². The van der Waals surface area contributed by atoms with Gasteiger partial charge in [-0.15, -0.1) is 0 Å². The molecule has 10 heteroatoms. The lowest BCUT2D eigenvalue weighted by Gasteiger charge is -2.12. The van der Waals surface area contributed by atoms with Crippen molar-refractivity contribution in [2.75, 3.05) is 7.11 Å². The first kappa shape index (κ1) is 13.2. The van der Waals surface area contributed by atoms with Gasteiger partial charge in [-0.05, 0) is 0 Å². The van der Waals surface area contributed by atoms with Gasteiger partial charge in [0.05, 0.1) is 19.5 Å². The van der Waals surface area contributed by atoms with E-state index in [1.165, 1.54) is 0 Å². The van der Waals surface area contributed by atoms with Crippen LogP contribution in [0.5, 0.6) is 5.88 Å². The zero-order chi connectivity index (χ0) is 14.2. The van der Waals surface area contributed by atoms with E-state index in [1.54, 1.807) is 0 Å². The summed E-state index contributed by atoms with van der Waals surface area (Å²) >= 11 is 0. The second kappa shape index (κ2) is 4.44. The van der Waals surface area contributed by atoms with E-state index in [9.17, 15) is 22.0 Å². The topological polar surface area (TPSA) is 52.8 Å². The molecule has 0 aliphatic heterocycles. The first-order valence-electron chi connectivity index (χ1n) is 4.72. The van der Waals surface area contributed by atoms with Crippen LogP contribution in [0.1, 0.15) is 5.56 Å². The van der Waals surface area contributed by atoms with Crippen LogP contribution in [0.4, 0.5) is 22.0 Å². The van der Waals surface area contributed by atoms with Crippen LogP contribution in [0.2, 0.25) is 0 Å². The minimum absolute atomic E-state index is 0.578. The lowest BCUT2D eigenvalue weighted by molar-refractivity contribution is -0.142. The van der Waals surface area contributed by atoms with Gasteiger partial charge in [-0.3, -0.25) is 0 Å². The summed E-state index contributed by atoms with van der Waals surface area (Å²) in [5.41, 5.74) is -1.73. The highest BCUT2D eigenvalue weighted by molar-refractivity contribution is 5.31. The van der Waals surface area contributed by atoms with Gasteiger partial charge in [0.15, 0.2) is 11.4 Å². The highest BCUT2D eigenvalue weighted by Crippen LogP contribution is 2.36. The van der Waals surface area contributed by atoms with Crippen molar-refractivity contribution >= 4 is 0 Å². The Morgan fingerprint density at radius 2 is 1.89 bits per heavy atom. The van der Waals surface area contributed by atoms with Crippen molar-refractivity contribution in [3.05, 3.63) is 29.7 Å². The van der Waals surface area contributed by atoms with Crippen molar-refractivity contribution in [2.24, 2.45) is 0 Å². The quantitative estimate of drug-likeness (QED) is 0.623. The highest BCUT2D eigenvalue weighted by Gasteiger charge is 2.40. The molecule has 0 fully saturated rings. The van der Waals surface area contributed by atoms with Gasteiger partial charge in [-0.1, -0.05) is 0 Å². The largest absolute Gasteiger partial charge is 0.480 e. The van der Waals surface area contributed by atoms with E-state index in [2.05, 4.69) is 19.8 Å². The van der Waals surface area contributed by atoms with E-state index >= 15 is 0 Å². The van der Waals surface area contributed by atoms with E-state index in [1.807, 2.05) is 0 Å². The van der Waals surface area contributed by atoms with E-state index in [4.69, 9.17) is 0 Å². The van der Waals surface area contributed by atoms with Gasteiger partial charge in [-0.25, -0.2) is 9.07 Å². The third kappa shape index (κ3) is 2.46. The number of nitrogens with zero attached hydrogens (tertiary/aromatic N) is 4. The normalized spacial score (nSPS) is 11.7. The van der Waals surface area contributed by atoms with Crippen LogP contribution in [-0.4, -0.2) is 26.9 Å². The molecule has 0 saturated carbocycles.